The second-order valence-corrected chi connectivity index (χ2v) is 2.85. The van der Waals surface area contributed by atoms with Crippen LogP contribution in [-0.2, 0) is 6.42 Å². The van der Waals surface area contributed by atoms with Crippen molar-refractivity contribution in [2.75, 3.05) is 0 Å². The lowest BCUT2D eigenvalue weighted by Gasteiger charge is -2.01. The van der Waals surface area contributed by atoms with Gasteiger partial charge in [-0.2, -0.15) is 0 Å². The largest absolute Gasteiger partial charge is 0.261 e. The van der Waals surface area contributed by atoms with E-state index in [1.54, 1.807) is 6.20 Å². The molecule has 0 bridgehead atoms. The summed E-state index contributed by atoms with van der Waals surface area (Å²) < 4.78 is 0. The van der Waals surface area contributed by atoms with Crippen molar-refractivity contribution in [2.24, 2.45) is 5.92 Å². The average Bonchev–Trinajstić information content (AvgIpc) is 1.88. The van der Waals surface area contributed by atoms with E-state index in [2.05, 4.69) is 24.9 Å². The third-order valence-electron chi connectivity index (χ3n) is 1.28. The maximum atomic E-state index is 4.19. The number of nitrogens with zero attached hydrogens (tertiary/aromatic N) is 1. The first-order valence-electron chi connectivity index (χ1n) is 3.60. The molecule has 0 N–H and O–H groups in total. The number of pyridine rings is 1. The Morgan fingerprint density at radius 1 is 1.60 bits per heavy atom. The van der Waals surface area contributed by atoms with Crippen LogP contribution in [0.1, 0.15) is 19.5 Å². The lowest BCUT2D eigenvalue weighted by atomic mass is 10.1. The predicted octanol–water partition coefficient (Wildman–Crippen LogP) is 2.08. The van der Waals surface area contributed by atoms with E-state index in [0.717, 1.165) is 12.1 Å². The van der Waals surface area contributed by atoms with Crippen molar-refractivity contribution in [3.8, 4) is 0 Å². The van der Waals surface area contributed by atoms with Crippen molar-refractivity contribution in [3.63, 3.8) is 0 Å². The van der Waals surface area contributed by atoms with Gasteiger partial charge < -0.3 is 0 Å². The Labute approximate surface area is 62.1 Å². The molecule has 0 aliphatic rings. The number of hydrogen-bond acceptors (Lipinski definition) is 1. The van der Waals surface area contributed by atoms with E-state index in [1.807, 2.05) is 12.1 Å². The maximum Gasteiger partial charge on any atom is 0.0412 e. The molecule has 0 fully saturated rings. The van der Waals surface area contributed by atoms with Gasteiger partial charge in [-0.05, 0) is 30.5 Å². The van der Waals surface area contributed by atoms with Crippen LogP contribution >= 0.6 is 0 Å². The van der Waals surface area contributed by atoms with E-state index in [9.17, 15) is 0 Å². The minimum Gasteiger partial charge on any atom is -0.261 e. The molecule has 0 amide bonds. The first kappa shape index (κ1) is 7.26. The van der Waals surface area contributed by atoms with Crippen LogP contribution in [0.4, 0.5) is 0 Å². The first-order valence-corrected chi connectivity index (χ1v) is 3.60. The van der Waals surface area contributed by atoms with Gasteiger partial charge in [-0.1, -0.05) is 13.8 Å². The smallest absolute Gasteiger partial charge is 0.0412 e. The summed E-state index contributed by atoms with van der Waals surface area (Å²) >= 11 is 0. The van der Waals surface area contributed by atoms with Crippen LogP contribution in [0.5, 0.6) is 0 Å². The zero-order valence-electron chi connectivity index (χ0n) is 6.46. The normalized spacial score (nSPS) is 10.3. The molecular weight excluding hydrogens is 122 g/mol. The Balaban J connectivity index is 2.59. The van der Waals surface area contributed by atoms with Gasteiger partial charge >= 0.3 is 0 Å². The summed E-state index contributed by atoms with van der Waals surface area (Å²) in [7, 11) is 0. The highest BCUT2D eigenvalue weighted by Crippen LogP contribution is 2.02. The zero-order chi connectivity index (χ0) is 7.40. The number of aromatic nitrogens is 1. The first-order chi connectivity index (χ1) is 4.79. The molecule has 1 rings (SSSR count). The molecule has 53 valence electrons. The van der Waals surface area contributed by atoms with Gasteiger partial charge in [0.05, 0.1) is 0 Å². The summed E-state index contributed by atoms with van der Waals surface area (Å²) in [6.45, 7) is 4.38. The molecule has 1 nitrogen and oxygen atoms in total. The van der Waals surface area contributed by atoms with Gasteiger partial charge in [0.2, 0.25) is 0 Å². The number of rotatable bonds is 2. The Morgan fingerprint density at radius 2 is 2.40 bits per heavy atom. The molecule has 0 aromatic carbocycles. The summed E-state index contributed by atoms with van der Waals surface area (Å²) in [5.41, 5.74) is 1.14. The highest BCUT2D eigenvalue weighted by atomic mass is 14.7. The van der Waals surface area contributed by atoms with E-state index < -0.39 is 0 Å². The molecule has 0 atom stereocenters. The molecule has 0 saturated carbocycles. The summed E-state index contributed by atoms with van der Waals surface area (Å²) in [5.74, 6) is 0.684. The van der Waals surface area contributed by atoms with Crippen LogP contribution < -0.4 is 0 Å². The van der Waals surface area contributed by atoms with Crippen molar-refractivity contribution >= 4 is 0 Å². The molecule has 1 aromatic rings. The highest BCUT2D eigenvalue weighted by Gasteiger charge is 1.95. The van der Waals surface area contributed by atoms with Gasteiger partial charge in [0, 0.05) is 11.9 Å². The van der Waals surface area contributed by atoms with E-state index >= 15 is 0 Å². The Hall–Kier alpha value is -0.850. The third kappa shape index (κ3) is 2.18. The van der Waals surface area contributed by atoms with Crippen LogP contribution in [0, 0.1) is 12.0 Å². The van der Waals surface area contributed by atoms with Crippen LogP contribution in [0.3, 0.4) is 0 Å². The van der Waals surface area contributed by atoms with E-state index in [4.69, 9.17) is 0 Å². The molecule has 1 heteroatoms. The van der Waals surface area contributed by atoms with Crippen LogP contribution in [0.25, 0.3) is 0 Å². The average molecular weight is 134 g/mol. The van der Waals surface area contributed by atoms with Crippen molar-refractivity contribution in [1.82, 2.24) is 4.98 Å². The quantitative estimate of drug-likeness (QED) is 0.603. The summed E-state index contributed by atoms with van der Waals surface area (Å²) in [6.07, 6.45) is 2.84. The second-order valence-electron chi connectivity index (χ2n) is 2.85. The van der Waals surface area contributed by atoms with Gasteiger partial charge in [-0.25, -0.2) is 0 Å². The standard InChI is InChI=1S/C9H12N/c1-8(2)7-9-5-3-4-6-10-9/h4-6,8H,7H2,1-2H3. The topological polar surface area (TPSA) is 12.9 Å². The van der Waals surface area contributed by atoms with Gasteiger partial charge in [0.15, 0.2) is 0 Å². The van der Waals surface area contributed by atoms with Crippen molar-refractivity contribution in [2.45, 2.75) is 20.3 Å². The fraction of sp³-hybridized carbons (Fsp3) is 0.444. The predicted molar refractivity (Wildman–Crippen MR) is 41.6 cm³/mol. The molecule has 0 unspecified atom stereocenters. The van der Waals surface area contributed by atoms with E-state index in [-0.39, 0.29) is 0 Å². The molecule has 0 aliphatic carbocycles. The van der Waals surface area contributed by atoms with E-state index in [1.165, 1.54) is 0 Å². The van der Waals surface area contributed by atoms with Crippen molar-refractivity contribution < 1.29 is 0 Å². The third-order valence-corrected chi connectivity index (χ3v) is 1.28. The Kier molecular flexibility index (Phi) is 2.43. The van der Waals surface area contributed by atoms with Crippen molar-refractivity contribution in [1.29, 1.82) is 0 Å². The number of hydrogen-bond donors (Lipinski definition) is 0. The lowest BCUT2D eigenvalue weighted by Crippen LogP contribution is -1.95. The Bertz CT molecular complexity index is 179. The van der Waals surface area contributed by atoms with Gasteiger partial charge in [0.25, 0.3) is 0 Å². The molecule has 1 heterocycles. The second kappa shape index (κ2) is 3.35. The van der Waals surface area contributed by atoms with Crippen LogP contribution in [0.15, 0.2) is 18.3 Å². The van der Waals surface area contributed by atoms with E-state index in [0.29, 0.717) is 5.92 Å². The molecule has 10 heavy (non-hydrogen) atoms. The fourth-order valence-corrected chi connectivity index (χ4v) is 0.888. The highest BCUT2D eigenvalue weighted by molar-refractivity contribution is 5.02. The van der Waals surface area contributed by atoms with Gasteiger partial charge in [0.1, 0.15) is 0 Å². The lowest BCUT2D eigenvalue weighted by molar-refractivity contribution is 0.635. The van der Waals surface area contributed by atoms with Crippen LogP contribution in [0.2, 0.25) is 0 Å². The monoisotopic (exact) mass is 134 g/mol. The molecule has 1 aromatic heterocycles. The minimum absolute atomic E-state index is 0.684. The van der Waals surface area contributed by atoms with Crippen molar-refractivity contribution in [3.05, 3.63) is 30.1 Å². The maximum absolute atomic E-state index is 4.19. The summed E-state index contributed by atoms with van der Waals surface area (Å²) in [6, 6.07) is 6.77. The Morgan fingerprint density at radius 3 is 2.90 bits per heavy atom. The zero-order valence-corrected chi connectivity index (χ0v) is 6.46. The fourth-order valence-electron chi connectivity index (χ4n) is 0.888. The molecule has 1 radical (unpaired) electrons. The minimum atomic E-state index is 0.684. The molecular formula is C9H12N. The molecule has 0 saturated heterocycles. The molecule has 0 spiro atoms. The summed E-state index contributed by atoms with van der Waals surface area (Å²) in [5, 5.41) is 0. The molecule has 0 aliphatic heterocycles. The van der Waals surface area contributed by atoms with Gasteiger partial charge in [-0.15, -0.1) is 0 Å². The summed E-state index contributed by atoms with van der Waals surface area (Å²) in [4.78, 5) is 4.19. The van der Waals surface area contributed by atoms with Crippen LogP contribution in [-0.4, -0.2) is 4.98 Å². The van der Waals surface area contributed by atoms with Gasteiger partial charge in [-0.3, -0.25) is 4.98 Å². The SMILES string of the molecule is CC(C)Cc1c[c]ccn1.